The fraction of sp³-hybridized carbons (Fsp3) is 0.583. The van der Waals surface area contributed by atoms with Gasteiger partial charge in [0.05, 0.1) is 13.0 Å². The van der Waals surface area contributed by atoms with Crippen LogP contribution in [0.25, 0.3) is 0 Å². The average Bonchev–Trinajstić information content (AvgIpc) is 3.45. The highest BCUT2D eigenvalue weighted by Gasteiger charge is 2.41. The lowest BCUT2D eigenvalue weighted by molar-refractivity contribution is -0.153. The molecule has 0 unspecified atom stereocenters. The number of amides is 2. The molecule has 35 heavy (non-hydrogen) atoms. The number of nitrogens with one attached hydrogen (secondary N) is 2. The third kappa shape index (κ3) is 7.23. The topological polar surface area (TPSA) is 127 Å². The highest BCUT2D eigenvalue weighted by atomic mass is 32.2. The van der Waals surface area contributed by atoms with Gasteiger partial charge in [0.15, 0.2) is 0 Å². The Morgan fingerprint density at radius 1 is 1.34 bits per heavy atom. The van der Waals surface area contributed by atoms with Crippen LogP contribution in [0, 0.1) is 5.92 Å². The van der Waals surface area contributed by atoms with Gasteiger partial charge in [0, 0.05) is 24.0 Å². The van der Waals surface area contributed by atoms with E-state index in [1.807, 2.05) is 26.2 Å². The van der Waals surface area contributed by atoms with Crippen molar-refractivity contribution in [3.8, 4) is 0 Å². The molecule has 0 radical (unpaired) electrons. The van der Waals surface area contributed by atoms with Gasteiger partial charge >= 0.3 is 5.97 Å². The van der Waals surface area contributed by atoms with E-state index in [1.54, 1.807) is 19.1 Å². The molecule has 4 bridgehead atoms. The number of hydrogen-bond acceptors (Lipinski definition) is 9. The molecule has 0 saturated carbocycles. The summed E-state index contributed by atoms with van der Waals surface area (Å²) in [5, 5.41) is 8.88. The van der Waals surface area contributed by atoms with Crippen molar-refractivity contribution >= 4 is 51.7 Å². The van der Waals surface area contributed by atoms with Crippen LogP contribution >= 0.6 is 23.1 Å². The van der Waals surface area contributed by atoms with Gasteiger partial charge in [-0.05, 0) is 25.3 Å². The van der Waals surface area contributed by atoms with Gasteiger partial charge in [-0.2, -0.15) is 0 Å². The number of ketones is 1. The van der Waals surface area contributed by atoms with E-state index in [0.29, 0.717) is 40.8 Å². The van der Waals surface area contributed by atoms with E-state index in [0.717, 1.165) is 0 Å². The number of thiazole rings is 1. The molecule has 2 amide bonds. The quantitative estimate of drug-likeness (QED) is 0.436. The second-order valence-electron chi connectivity index (χ2n) is 9.12. The monoisotopic (exact) mass is 520 g/mol. The molecule has 3 atom stereocenters. The number of cyclic esters (lactones) is 1. The molecule has 190 valence electrons. The number of fused-ring (bicyclic) bond motifs is 4. The molecule has 0 aliphatic carbocycles. The molecule has 2 aliphatic heterocycles. The Bertz CT molecular complexity index is 1030. The summed E-state index contributed by atoms with van der Waals surface area (Å²) in [7, 11) is 0. The molecule has 0 fully saturated rings. The zero-order chi connectivity index (χ0) is 25.6. The van der Waals surface area contributed by atoms with E-state index in [1.165, 1.54) is 23.1 Å². The first-order valence-corrected chi connectivity index (χ1v) is 13.6. The standard InChI is InChI=1S/C24H32N4O5S2/c1-5-15(29)8-6-7-9-16-10-18(30)25-11-19-26-17(12-34-19)21-28-24(4,13-35-21)23(32)27-20(14(2)3)22(31)33-16/h7,9,12,14,16,20H,5-6,8,10-11,13H2,1-4H3,(H,25,30)(H,27,32)/b9-7+/t16-,20+,24+/m1/s1. The number of ether oxygens (including phenoxy) is 1. The van der Waals surface area contributed by atoms with Crippen LogP contribution in [0.15, 0.2) is 22.5 Å². The fourth-order valence-electron chi connectivity index (χ4n) is 3.50. The number of hydrogen-bond donors (Lipinski definition) is 2. The summed E-state index contributed by atoms with van der Waals surface area (Å²) in [6.45, 7) is 7.42. The maximum absolute atomic E-state index is 13.2. The minimum absolute atomic E-state index is 0.0821. The Labute approximate surface area is 213 Å². The van der Waals surface area contributed by atoms with Crippen molar-refractivity contribution in [1.29, 1.82) is 0 Å². The molecule has 0 aromatic carbocycles. The van der Waals surface area contributed by atoms with Gasteiger partial charge in [0.2, 0.25) is 11.8 Å². The van der Waals surface area contributed by atoms with E-state index in [4.69, 9.17) is 4.74 Å². The SMILES string of the molecule is CCC(=O)CC/C=C/[C@@H]1CC(=O)NCc2nc(cs2)C2=N[C@@](C)(CS2)C(=O)N[C@@H](C(C)C)C(=O)O1. The highest BCUT2D eigenvalue weighted by molar-refractivity contribution is 8.14. The van der Waals surface area contributed by atoms with E-state index in [9.17, 15) is 19.2 Å². The molecule has 9 nitrogen and oxygen atoms in total. The zero-order valence-electron chi connectivity index (χ0n) is 20.5. The van der Waals surface area contributed by atoms with Gasteiger partial charge in [-0.3, -0.25) is 19.4 Å². The van der Waals surface area contributed by atoms with Crippen LogP contribution in [0.3, 0.4) is 0 Å². The third-order valence-corrected chi connectivity index (χ3v) is 7.86. The number of nitrogens with zero attached hydrogens (tertiary/aromatic N) is 2. The molecular weight excluding hydrogens is 488 g/mol. The van der Waals surface area contributed by atoms with Crippen LogP contribution in [0.4, 0.5) is 0 Å². The first kappa shape index (κ1) is 27.1. The minimum atomic E-state index is -1.03. The smallest absolute Gasteiger partial charge is 0.329 e. The average molecular weight is 521 g/mol. The number of carbonyl (C=O) groups is 4. The van der Waals surface area contributed by atoms with Crippen LogP contribution in [0.1, 0.15) is 64.1 Å². The van der Waals surface area contributed by atoms with Gasteiger partial charge in [0.1, 0.15) is 39.2 Å². The molecule has 0 spiro atoms. The Hall–Kier alpha value is -2.53. The van der Waals surface area contributed by atoms with Gasteiger partial charge in [-0.25, -0.2) is 9.78 Å². The first-order valence-electron chi connectivity index (χ1n) is 11.7. The van der Waals surface area contributed by atoms with E-state index in [2.05, 4.69) is 20.6 Å². The van der Waals surface area contributed by atoms with Crippen molar-refractivity contribution in [2.45, 2.75) is 77.6 Å². The number of aromatic nitrogens is 1. The second kappa shape index (κ2) is 11.9. The van der Waals surface area contributed by atoms with Crippen LogP contribution in [-0.4, -0.2) is 57.0 Å². The van der Waals surface area contributed by atoms with Crippen LogP contribution in [-0.2, 0) is 30.5 Å². The number of thioether (sulfide) groups is 1. The van der Waals surface area contributed by atoms with Gasteiger partial charge in [0.25, 0.3) is 0 Å². The van der Waals surface area contributed by atoms with E-state index < -0.39 is 23.7 Å². The predicted octanol–water partition coefficient (Wildman–Crippen LogP) is 2.78. The molecule has 1 aromatic rings. The van der Waals surface area contributed by atoms with Crippen molar-refractivity contribution in [3.05, 3.63) is 28.2 Å². The van der Waals surface area contributed by atoms with Crippen molar-refractivity contribution in [2.75, 3.05) is 5.75 Å². The van der Waals surface area contributed by atoms with Gasteiger partial charge < -0.3 is 15.4 Å². The normalized spacial score (nSPS) is 25.9. The first-order chi connectivity index (χ1) is 16.6. The predicted molar refractivity (Wildman–Crippen MR) is 136 cm³/mol. The zero-order valence-corrected chi connectivity index (χ0v) is 22.1. The van der Waals surface area contributed by atoms with Gasteiger partial charge in [-0.1, -0.05) is 26.8 Å². The van der Waals surface area contributed by atoms with E-state index >= 15 is 0 Å². The summed E-state index contributed by atoms with van der Waals surface area (Å²) in [4.78, 5) is 59.7. The largest absolute Gasteiger partial charge is 0.456 e. The summed E-state index contributed by atoms with van der Waals surface area (Å²) < 4.78 is 5.68. The van der Waals surface area contributed by atoms with E-state index in [-0.39, 0.29) is 36.5 Å². The summed E-state index contributed by atoms with van der Waals surface area (Å²) in [6, 6.07) is -0.900. The lowest BCUT2D eigenvalue weighted by Gasteiger charge is -2.27. The highest BCUT2D eigenvalue weighted by Crippen LogP contribution is 2.32. The minimum Gasteiger partial charge on any atom is -0.456 e. The summed E-state index contributed by atoms with van der Waals surface area (Å²) in [6.07, 6.45) is 3.81. The molecule has 2 N–H and O–H groups in total. The summed E-state index contributed by atoms with van der Waals surface area (Å²) in [5.74, 6) is -0.953. The molecule has 3 heterocycles. The lowest BCUT2D eigenvalue weighted by Crippen LogP contribution is -2.53. The number of esters is 1. The third-order valence-electron chi connectivity index (χ3n) is 5.73. The molecule has 0 saturated heterocycles. The van der Waals surface area contributed by atoms with Crippen LogP contribution < -0.4 is 10.6 Å². The number of carbonyl (C=O) groups excluding carboxylic acids is 4. The maximum atomic E-state index is 13.2. The number of Topliss-reactive ketones (excluding diaryl/α,β-unsaturated/α-hetero) is 1. The Morgan fingerprint density at radius 3 is 2.83 bits per heavy atom. The van der Waals surface area contributed by atoms with Crippen LogP contribution in [0.2, 0.25) is 0 Å². The van der Waals surface area contributed by atoms with Crippen LogP contribution in [0.5, 0.6) is 0 Å². The Kier molecular flexibility index (Phi) is 9.23. The summed E-state index contributed by atoms with van der Waals surface area (Å²) >= 11 is 2.85. The molecule has 1 aromatic heterocycles. The molecule has 11 heteroatoms. The molecule has 3 rings (SSSR count). The number of aliphatic imine (C=N–C) groups is 1. The number of rotatable bonds is 6. The van der Waals surface area contributed by atoms with Crippen molar-refractivity contribution in [2.24, 2.45) is 10.9 Å². The van der Waals surface area contributed by atoms with Crippen molar-refractivity contribution < 1.29 is 23.9 Å². The van der Waals surface area contributed by atoms with Crippen molar-refractivity contribution in [3.63, 3.8) is 0 Å². The summed E-state index contributed by atoms with van der Waals surface area (Å²) in [5.41, 5.74) is -0.358. The maximum Gasteiger partial charge on any atom is 0.329 e. The van der Waals surface area contributed by atoms with Gasteiger partial charge in [-0.15, -0.1) is 23.1 Å². The Morgan fingerprint density at radius 2 is 2.11 bits per heavy atom. The Balaban J connectivity index is 1.86. The molecule has 2 aliphatic rings. The number of allylic oxidation sites excluding steroid dienone is 1. The molecular formula is C24H32N4O5S2. The fourth-order valence-corrected chi connectivity index (χ4v) is 5.42. The van der Waals surface area contributed by atoms with Crippen molar-refractivity contribution in [1.82, 2.24) is 15.6 Å². The lowest BCUT2D eigenvalue weighted by atomic mass is 10.0. The second-order valence-corrected chi connectivity index (χ2v) is 11.0.